The Labute approximate surface area is 123 Å². The Morgan fingerprint density at radius 1 is 1.25 bits per heavy atom. The molecule has 0 unspecified atom stereocenters. The Bertz CT molecular complexity index is 612. The van der Waals surface area contributed by atoms with Crippen LogP contribution in [0.4, 0.5) is 19.0 Å². The van der Waals surface area contributed by atoms with Crippen LogP contribution >= 0.6 is 15.9 Å². The number of aromatic nitrogens is 1. The molecule has 0 saturated carbocycles. The van der Waals surface area contributed by atoms with E-state index in [0.29, 0.717) is 17.9 Å². The van der Waals surface area contributed by atoms with Crippen LogP contribution in [-0.4, -0.2) is 4.98 Å². The molecular formula is C14H12BrF3N2. The highest BCUT2D eigenvalue weighted by atomic mass is 79.9. The van der Waals surface area contributed by atoms with Crippen molar-refractivity contribution in [2.75, 3.05) is 5.32 Å². The first-order chi connectivity index (χ1) is 9.36. The number of nitrogens with one attached hydrogen (secondary N) is 1. The van der Waals surface area contributed by atoms with E-state index in [1.165, 1.54) is 6.07 Å². The van der Waals surface area contributed by atoms with Gasteiger partial charge in [0.25, 0.3) is 0 Å². The quantitative estimate of drug-likeness (QED) is 0.866. The normalized spacial score (nSPS) is 11.4. The van der Waals surface area contributed by atoms with E-state index in [9.17, 15) is 13.2 Å². The van der Waals surface area contributed by atoms with Crippen LogP contribution in [0.15, 0.2) is 41.0 Å². The number of hydrogen-bond donors (Lipinski definition) is 1. The molecule has 0 aliphatic heterocycles. The van der Waals surface area contributed by atoms with Crippen molar-refractivity contribution in [1.82, 2.24) is 4.98 Å². The maximum absolute atomic E-state index is 12.6. The van der Waals surface area contributed by atoms with Gasteiger partial charge in [-0.15, -0.1) is 0 Å². The first-order valence-electron chi connectivity index (χ1n) is 5.88. The lowest BCUT2D eigenvalue weighted by Gasteiger charge is -2.11. The van der Waals surface area contributed by atoms with Crippen molar-refractivity contribution in [3.63, 3.8) is 0 Å². The van der Waals surface area contributed by atoms with Gasteiger partial charge in [0, 0.05) is 17.2 Å². The van der Waals surface area contributed by atoms with E-state index in [-0.39, 0.29) is 0 Å². The first-order valence-corrected chi connectivity index (χ1v) is 6.68. The van der Waals surface area contributed by atoms with Gasteiger partial charge in [-0.3, -0.25) is 0 Å². The zero-order valence-corrected chi connectivity index (χ0v) is 12.2. The minimum absolute atomic E-state index is 0.291. The lowest BCUT2D eigenvalue weighted by molar-refractivity contribution is -0.137. The third-order valence-electron chi connectivity index (χ3n) is 2.76. The SMILES string of the molecule is Cc1cc(Br)cnc1NCc1cccc(C(F)(F)F)c1. The van der Waals surface area contributed by atoms with Gasteiger partial charge in [0.2, 0.25) is 0 Å². The summed E-state index contributed by atoms with van der Waals surface area (Å²) in [7, 11) is 0. The Kier molecular flexibility index (Phi) is 4.32. The number of nitrogens with zero attached hydrogens (tertiary/aromatic N) is 1. The number of hydrogen-bond acceptors (Lipinski definition) is 2. The van der Waals surface area contributed by atoms with E-state index in [4.69, 9.17) is 0 Å². The van der Waals surface area contributed by atoms with Crippen molar-refractivity contribution in [2.24, 2.45) is 0 Å². The minimum atomic E-state index is -4.32. The Hall–Kier alpha value is -1.56. The largest absolute Gasteiger partial charge is 0.416 e. The molecule has 0 bridgehead atoms. The fourth-order valence-corrected chi connectivity index (χ4v) is 2.21. The van der Waals surface area contributed by atoms with E-state index in [2.05, 4.69) is 26.2 Å². The molecule has 0 saturated heterocycles. The number of pyridine rings is 1. The second-order valence-electron chi connectivity index (χ2n) is 4.37. The van der Waals surface area contributed by atoms with Gasteiger partial charge >= 0.3 is 6.18 Å². The number of benzene rings is 1. The highest BCUT2D eigenvalue weighted by Gasteiger charge is 2.30. The molecule has 6 heteroatoms. The van der Waals surface area contributed by atoms with Crippen LogP contribution in [0.2, 0.25) is 0 Å². The van der Waals surface area contributed by atoms with Gasteiger partial charge in [-0.05, 0) is 52.2 Å². The smallest absolute Gasteiger partial charge is 0.366 e. The molecule has 1 heterocycles. The van der Waals surface area contributed by atoms with Crippen LogP contribution in [0.3, 0.4) is 0 Å². The first kappa shape index (κ1) is 14.8. The van der Waals surface area contributed by atoms with Crippen LogP contribution in [0.5, 0.6) is 0 Å². The molecule has 2 aromatic rings. The second-order valence-corrected chi connectivity index (χ2v) is 5.29. The molecule has 2 nitrogen and oxygen atoms in total. The third kappa shape index (κ3) is 3.72. The predicted octanol–water partition coefficient (Wildman–Crippen LogP) is 4.78. The van der Waals surface area contributed by atoms with Gasteiger partial charge < -0.3 is 5.32 Å². The standard InChI is InChI=1S/C14H12BrF3N2/c1-9-5-12(15)8-20-13(9)19-7-10-3-2-4-11(6-10)14(16,17)18/h2-6,8H,7H2,1H3,(H,19,20). The lowest BCUT2D eigenvalue weighted by atomic mass is 10.1. The van der Waals surface area contributed by atoms with E-state index < -0.39 is 11.7 Å². The van der Waals surface area contributed by atoms with Crippen molar-refractivity contribution in [3.05, 3.63) is 57.7 Å². The van der Waals surface area contributed by atoms with Gasteiger partial charge in [0.15, 0.2) is 0 Å². The molecule has 0 atom stereocenters. The molecule has 1 aromatic carbocycles. The Morgan fingerprint density at radius 2 is 2.00 bits per heavy atom. The fourth-order valence-electron chi connectivity index (χ4n) is 1.77. The van der Waals surface area contributed by atoms with E-state index >= 15 is 0 Å². The zero-order chi connectivity index (χ0) is 14.8. The monoisotopic (exact) mass is 344 g/mol. The van der Waals surface area contributed by atoms with Crippen molar-refractivity contribution in [1.29, 1.82) is 0 Å². The van der Waals surface area contributed by atoms with Gasteiger partial charge in [-0.25, -0.2) is 4.98 Å². The fraction of sp³-hybridized carbons (Fsp3) is 0.214. The summed E-state index contributed by atoms with van der Waals surface area (Å²) in [6, 6.07) is 7.15. The summed E-state index contributed by atoms with van der Waals surface area (Å²) in [5.41, 5.74) is 0.840. The number of rotatable bonds is 3. The second kappa shape index (κ2) is 5.83. The number of anilines is 1. The summed E-state index contributed by atoms with van der Waals surface area (Å²) in [5, 5.41) is 3.04. The van der Waals surface area contributed by atoms with Crippen LogP contribution in [0.1, 0.15) is 16.7 Å². The van der Waals surface area contributed by atoms with Gasteiger partial charge in [0.1, 0.15) is 5.82 Å². The summed E-state index contributed by atoms with van der Waals surface area (Å²) in [6.45, 7) is 2.17. The summed E-state index contributed by atoms with van der Waals surface area (Å²) in [6.07, 6.45) is -2.68. The highest BCUT2D eigenvalue weighted by molar-refractivity contribution is 9.10. The maximum Gasteiger partial charge on any atom is 0.416 e. The molecule has 0 fully saturated rings. The van der Waals surface area contributed by atoms with Crippen molar-refractivity contribution in [3.8, 4) is 0 Å². The van der Waals surface area contributed by atoms with Crippen molar-refractivity contribution >= 4 is 21.7 Å². The lowest BCUT2D eigenvalue weighted by Crippen LogP contribution is -2.07. The third-order valence-corrected chi connectivity index (χ3v) is 3.19. The summed E-state index contributed by atoms with van der Waals surface area (Å²) in [5.74, 6) is 0.658. The number of halogens is 4. The average Bonchev–Trinajstić information content (AvgIpc) is 2.37. The Balaban J connectivity index is 2.11. The Morgan fingerprint density at radius 3 is 2.65 bits per heavy atom. The van der Waals surface area contributed by atoms with Crippen LogP contribution in [0, 0.1) is 6.92 Å². The number of aryl methyl sites for hydroxylation is 1. The topological polar surface area (TPSA) is 24.9 Å². The maximum atomic E-state index is 12.6. The van der Waals surface area contributed by atoms with Crippen molar-refractivity contribution < 1.29 is 13.2 Å². The highest BCUT2D eigenvalue weighted by Crippen LogP contribution is 2.29. The molecular weight excluding hydrogens is 333 g/mol. The minimum Gasteiger partial charge on any atom is -0.366 e. The molecule has 2 rings (SSSR count). The molecule has 1 aromatic heterocycles. The zero-order valence-electron chi connectivity index (χ0n) is 10.6. The molecule has 0 aliphatic rings. The number of alkyl halides is 3. The average molecular weight is 345 g/mol. The molecule has 106 valence electrons. The van der Waals surface area contributed by atoms with Crippen LogP contribution in [-0.2, 0) is 12.7 Å². The van der Waals surface area contributed by atoms with Crippen molar-refractivity contribution in [2.45, 2.75) is 19.6 Å². The van der Waals surface area contributed by atoms with Crippen LogP contribution < -0.4 is 5.32 Å². The van der Waals surface area contributed by atoms with E-state index in [0.717, 1.165) is 22.2 Å². The molecule has 0 aliphatic carbocycles. The van der Waals surface area contributed by atoms with Gasteiger partial charge in [-0.1, -0.05) is 12.1 Å². The molecule has 0 amide bonds. The predicted molar refractivity (Wildman–Crippen MR) is 75.4 cm³/mol. The summed E-state index contributed by atoms with van der Waals surface area (Å²) < 4.78 is 38.7. The van der Waals surface area contributed by atoms with E-state index in [1.54, 1.807) is 12.3 Å². The summed E-state index contributed by atoms with van der Waals surface area (Å²) >= 11 is 3.31. The van der Waals surface area contributed by atoms with Gasteiger partial charge in [0.05, 0.1) is 5.56 Å². The van der Waals surface area contributed by atoms with Crippen LogP contribution in [0.25, 0.3) is 0 Å². The molecule has 20 heavy (non-hydrogen) atoms. The van der Waals surface area contributed by atoms with Gasteiger partial charge in [-0.2, -0.15) is 13.2 Å². The molecule has 1 N–H and O–H groups in total. The molecule has 0 radical (unpaired) electrons. The summed E-state index contributed by atoms with van der Waals surface area (Å²) in [4.78, 5) is 4.18. The molecule has 0 spiro atoms. The van der Waals surface area contributed by atoms with E-state index in [1.807, 2.05) is 13.0 Å².